The number of aromatic nitrogens is 2. The molecule has 0 saturated carbocycles. The van der Waals surface area contributed by atoms with Crippen molar-refractivity contribution in [2.75, 3.05) is 6.54 Å². The van der Waals surface area contributed by atoms with Gasteiger partial charge >= 0.3 is 0 Å². The van der Waals surface area contributed by atoms with E-state index in [-0.39, 0.29) is 6.04 Å². The van der Waals surface area contributed by atoms with Crippen LogP contribution < -0.4 is 5.32 Å². The number of thiophene rings is 1. The summed E-state index contributed by atoms with van der Waals surface area (Å²) in [4.78, 5) is 0. The molecule has 1 unspecified atom stereocenters. The largest absolute Gasteiger partial charge is 0.306 e. The van der Waals surface area contributed by atoms with Gasteiger partial charge in [0.25, 0.3) is 0 Å². The highest BCUT2D eigenvalue weighted by atomic mass is 32.1. The molecule has 80 valence electrons. The maximum atomic E-state index is 4.21. The first-order valence-corrected chi connectivity index (χ1v) is 5.99. The summed E-state index contributed by atoms with van der Waals surface area (Å²) in [6.07, 6.45) is 3.98. The summed E-state index contributed by atoms with van der Waals surface area (Å²) in [6.45, 7) is 3.07. The Morgan fingerprint density at radius 2 is 2.40 bits per heavy atom. The van der Waals surface area contributed by atoms with Crippen LogP contribution in [0.5, 0.6) is 0 Å². The minimum Gasteiger partial charge on any atom is -0.306 e. The number of hydrogen-bond donors (Lipinski definition) is 1. The van der Waals surface area contributed by atoms with Gasteiger partial charge in [-0.25, -0.2) is 0 Å². The van der Waals surface area contributed by atoms with E-state index < -0.39 is 0 Å². The lowest BCUT2D eigenvalue weighted by Gasteiger charge is -2.14. The maximum absolute atomic E-state index is 4.21. The molecule has 0 amide bonds. The van der Waals surface area contributed by atoms with E-state index >= 15 is 0 Å². The topological polar surface area (TPSA) is 29.9 Å². The monoisotopic (exact) mass is 221 g/mol. The van der Waals surface area contributed by atoms with Crippen LogP contribution in [0.4, 0.5) is 0 Å². The third-order valence-electron chi connectivity index (χ3n) is 2.34. The summed E-state index contributed by atoms with van der Waals surface area (Å²) in [7, 11) is 1.94. The van der Waals surface area contributed by atoms with Crippen LogP contribution in [0, 0.1) is 0 Å². The van der Waals surface area contributed by atoms with E-state index in [0.29, 0.717) is 0 Å². The minimum absolute atomic E-state index is 0.273. The summed E-state index contributed by atoms with van der Waals surface area (Å²) >= 11 is 1.73. The Morgan fingerprint density at radius 3 is 2.93 bits per heavy atom. The van der Waals surface area contributed by atoms with Crippen LogP contribution in [0.1, 0.15) is 24.1 Å². The minimum atomic E-state index is 0.273. The van der Waals surface area contributed by atoms with Gasteiger partial charge in [0, 0.05) is 18.8 Å². The van der Waals surface area contributed by atoms with Crippen molar-refractivity contribution in [2.45, 2.75) is 13.0 Å². The lowest BCUT2D eigenvalue weighted by molar-refractivity contribution is 0.631. The summed E-state index contributed by atoms with van der Waals surface area (Å²) in [5, 5.41) is 12.0. The fourth-order valence-corrected chi connectivity index (χ4v) is 2.35. The van der Waals surface area contributed by atoms with Crippen LogP contribution in [0.25, 0.3) is 0 Å². The highest BCUT2D eigenvalue weighted by molar-refractivity contribution is 7.08. The second-order valence-corrected chi connectivity index (χ2v) is 4.27. The van der Waals surface area contributed by atoms with Gasteiger partial charge in [-0.15, -0.1) is 0 Å². The Kier molecular flexibility index (Phi) is 3.18. The fraction of sp³-hybridized carbons (Fsp3) is 0.364. The van der Waals surface area contributed by atoms with Crippen LogP contribution in [-0.4, -0.2) is 16.3 Å². The van der Waals surface area contributed by atoms with Crippen molar-refractivity contribution in [3.63, 3.8) is 0 Å². The van der Waals surface area contributed by atoms with Crippen molar-refractivity contribution in [3.05, 3.63) is 40.3 Å². The molecule has 1 N–H and O–H groups in total. The average Bonchev–Trinajstić information content (AvgIpc) is 2.85. The summed E-state index contributed by atoms with van der Waals surface area (Å²) in [6, 6.07) is 2.43. The molecule has 0 aromatic carbocycles. The van der Waals surface area contributed by atoms with E-state index in [1.54, 1.807) is 11.3 Å². The van der Waals surface area contributed by atoms with Gasteiger partial charge < -0.3 is 5.32 Å². The van der Waals surface area contributed by atoms with E-state index in [1.807, 2.05) is 17.9 Å². The molecule has 2 rings (SSSR count). The predicted octanol–water partition coefficient (Wildman–Crippen LogP) is 2.18. The SMILES string of the molecule is CCNC(c1ccsc1)c1cnn(C)c1. The molecular weight excluding hydrogens is 206 g/mol. The van der Waals surface area contributed by atoms with Crippen molar-refractivity contribution in [2.24, 2.45) is 7.05 Å². The maximum Gasteiger partial charge on any atom is 0.0616 e. The molecule has 0 aliphatic heterocycles. The van der Waals surface area contributed by atoms with Gasteiger partial charge in [0.1, 0.15) is 0 Å². The normalized spacial score (nSPS) is 12.9. The molecule has 1 atom stereocenters. The third kappa shape index (κ3) is 2.27. The lowest BCUT2D eigenvalue weighted by Crippen LogP contribution is -2.21. The molecular formula is C11H15N3S. The molecule has 15 heavy (non-hydrogen) atoms. The van der Waals surface area contributed by atoms with Gasteiger partial charge in [-0.2, -0.15) is 16.4 Å². The van der Waals surface area contributed by atoms with Crippen molar-refractivity contribution >= 4 is 11.3 Å². The van der Waals surface area contributed by atoms with E-state index in [0.717, 1.165) is 6.54 Å². The first-order valence-electron chi connectivity index (χ1n) is 5.05. The molecule has 0 saturated heterocycles. The molecule has 0 aliphatic rings. The van der Waals surface area contributed by atoms with E-state index in [4.69, 9.17) is 0 Å². The highest BCUT2D eigenvalue weighted by Crippen LogP contribution is 2.23. The molecule has 2 aromatic heterocycles. The smallest absolute Gasteiger partial charge is 0.0616 e. The van der Waals surface area contributed by atoms with Crippen LogP contribution in [0.15, 0.2) is 29.2 Å². The van der Waals surface area contributed by atoms with E-state index in [2.05, 4.69) is 40.4 Å². The van der Waals surface area contributed by atoms with E-state index in [1.165, 1.54) is 11.1 Å². The van der Waals surface area contributed by atoms with Crippen molar-refractivity contribution in [1.82, 2.24) is 15.1 Å². The second-order valence-electron chi connectivity index (χ2n) is 3.49. The zero-order valence-electron chi connectivity index (χ0n) is 8.97. The first-order chi connectivity index (χ1) is 7.31. The van der Waals surface area contributed by atoms with Crippen molar-refractivity contribution < 1.29 is 0 Å². The van der Waals surface area contributed by atoms with Crippen LogP contribution in [0.3, 0.4) is 0 Å². The van der Waals surface area contributed by atoms with E-state index in [9.17, 15) is 0 Å². The number of hydrogen-bond acceptors (Lipinski definition) is 3. The Hall–Kier alpha value is -1.13. The zero-order chi connectivity index (χ0) is 10.7. The molecule has 0 spiro atoms. The van der Waals surface area contributed by atoms with Gasteiger partial charge in [-0.05, 0) is 28.9 Å². The van der Waals surface area contributed by atoms with Gasteiger partial charge in [0.2, 0.25) is 0 Å². The Bertz CT molecular complexity index is 405. The second kappa shape index (κ2) is 4.59. The number of rotatable bonds is 4. The molecule has 0 radical (unpaired) electrons. The van der Waals surface area contributed by atoms with Crippen LogP contribution >= 0.6 is 11.3 Å². The van der Waals surface area contributed by atoms with Crippen molar-refractivity contribution in [1.29, 1.82) is 0 Å². The first kappa shape index (κ1) is 10.4. The Balaban J connectivity index is 2.27. The predicted molar refractivity (Wildman–Crippen MR) is 63.0 cm³/mol. The average molecular weight is 221 g/mol. The van der Waals surface area contributed by atoms with Crippen LogP contribution in [0.2, 0.25) is 0 Å². The third-order valence-corrected chi connectivity index (χ3v) is 3.04. The zero-order valence-corrected chi connectivity index (χ0v) is 9.79. The molecule has 0 aliphatic carbocycles. The number of aryl methyl sites for hydroxylation is 1. The van der Waals surface area contributed by atoms with Gasteiger partial charge in [-0.3, -0.25) is 4.68 Å². The number of nitrogens with one attached hydrogen (secondary N) is 1. The van der Waals surface area contributed by atoms with Gasteiger partial charge in [0.05, 0.1) is 12.2 Å². The summed E-state index contributed by atoms with van der Waals surface area (Å²) in [5.41, 5.74) is 2.53. The van der Waals surface area contributed by atoms with Crippen molar-refractivity contribution in [3.8, 4) is 0 Å². The Morgan fingerprint density at radius 1 is 1.53 bits per heavy atom. The lowest BCUT2D eigenvalue weighted by atomic mass is 10.1. The van der Waals surface area contributed by atoms with Crippen LogP contribution in [-0.2, 0) is 7.05 Å². The molecule has 2 heterocycles. The van der Waals surface area contributed by atoms with Gasteiger partial charge in [0.15, 0.2) is 0 Å². The number of nitrogens with zero attached hydrogens (tertiary/aromatic N) is 2. The fourth-order valence-electron chi connectivity index (χ4n) is 1.66. The highest BCUT2D eigenvalue weighted by Gasteiger charge is 2.14. The van der Waals surface area contributed by atoms with Gasteiger partial charge in [-0.1, -0.05) is 6.92 Å². The quantitative estimate of drug-likeness (QED) is 0.857. The molecule has 2 aromatic rings. The molecule has 0 bridgehead atoms. The molecule has 4 heteroatoms. The summed E-state index contributed by atoms with van der Waals surface area (Å²) in [5.74, 6) is 0. The standard InChI is InChI=1S/C11H15N3S/c1-3-12-11(9-4-5-15-8-9)10-6-13-14(2)7-10/h4-8,11-12H,3H2,1-2H3. The molecule has 3 nitrogen and oxygen atoms in total. The molecule has 0 fully saturated rings. The summed E-state index contributed by atoms with van der Waals surface area (Å²) < 4.78 is 1.84. The Labute approximate surface area is 93.7 Å².